The molecule has 0 aliphatic heterocycles. The van der Waals surface area contributed by atoms with Crippen LogP contribution in [-0.4, -0.2) is 9.97 Å². The number of hydrogen-bond donors (Lipinski definition) is 2. The third-order valence-electron chi connectivity index (χ3n) is 0.942. The summed E-state index contributed by atoms with van der Waals surface area (Å²) in [6.07, 6.45) is 1.72. The molecule has 3 N–H and O–H groups in total. The maximum Gasteiger partial charge on any atom is 0.158 e. The number of aromatic nitrogens is 2. The van der Waals surface area contributed by atoms with Crippen molar-refractivity contribution in [3.8, 4) is 0 Å². The van der Waals surface area contributed by atoms with E-state index in [0.717, 1.165) is 5.69 Å². The van der Waals surface area contributed by atoms with Gasteiger partial charge in [0.15, 0.2) is 5.82 Å². The average molecular weight is 141 g/mol. The summed E-state index contributed by atoms with van der Waals surface area (Å²) in [6, 6.07) is 0. The molecule has 1 aromatic rings. The lowest BCUT2D eigenvalue weighted by molar-refractivity contribution is 1.11. The van der Waals surface area contributed by atoms with E-state index in [9.17, 15) is 0 Å². The van der Waals surface area contributed by atoms with E-state index in [1.165, 1.54) is 0 Å². The van der Waals surface area contributed by atoms with Crippen LogP contribution in [0.25, 0.3) is 0 Å². The first-order chi connectivity index (χ1) is 4.20. The van der Waals surface area contributed by atoms with Crippen LogP contribution in [0.4, 0.5) is 5.82 Å². The highest BCUT2D eigenvalue weighted by atomic mass is 32.1. The van der Waals surface area contributed by atoms with Crippen molar-refractivity contribution < 1.29 is 0 Å². The fourth-order valence-corrected chi connectivity index (χ4v) is 0.622. The Kier molecular flexibility index (Phi) is 1.48. The number of hydrogen-bond acceptors (Lipinski definition) is 3. The Labute approximate surface area is 57.9 Å². The molecule has 9 heavy (non-hydrogen) atoms. The fraction of sp³-hybridized carbons (Fsp3) is 0.200. The van der Waals surface area contributed by atoms with Crippen LogP contribution in [-0.2, 0) is 0 Å². The van der Waals surface area contributed by atoms with Gasteiger partial charge in [0.25, 0.3) is 0 Å². The largest absolute Gasteiger partial charge is 0.381 e. The molecule has 3 nitrogen and oxygen atoms in total. The smallest absolute Gasteiger partial charge is 0.158 e. The van der Waals surface area contributed by atoms with Crippen molar-refractivity contribution in [3.05, 3.63) is 16.5 Å². The molecule has 48 valence electrons. The molecule has 1 aromatic heterocycles. The minimum absolute atomic E-state index is 0.394. The molecule has 0 amide bonds. The van der Waals surface area contributed by atoms with Crippen molar-refractivity contribution in [1.29, 1.82) is 0 Å². The van der Waals surface area contributed by atoms with Crippen molar-refractivity contribution >= 4 is 18.0 Å². The molecular formula is C5H7N3S. The van der Waals surface area contributed by atoms with E-state index in [2.05, 4.69) is 9.97 Å². The summed E-state index contributed by atoms with van der Waals surface area (Å²) in [5.74, 6) is 0.394. The number of H-pyrrole nitrogens is 1. The van der Waals surface area contributed by atoms with E-state index >= 15 is 0 Å². The number of nitrogens with one attached hydrogen (secondary N) is 1. The van der Waals surface area contributed by atoms with Crippen molar-refractivity contribution in [2.75, 3.05) is 5.73 Å². The first-order valence-corrected chi connectivity index (χ1v) is 2.93. The SMILES string of the molecule is Cc1c[nH]c(=S)c(N)n1. The first kappa shape index (κ1) is 6.22. The zero-order valence-corrected chi connectivity index (χ0v) is 5.83. The maximum atomic E-state index is 5.37. The zero-order chi connectivity index (χ0) is 6.85. The number of nitrogens with two attached hydrogens (primary N) is 1. The van der Waals surface area contributed by atoms with Gasteiger partial charge in [-0.25, -0.2) is 4.98 Å². The van der Waals surface area contributed by atoms with Crippen LogP contribution in [0.15, 0.2) is 6.20 Å². The van der Waals surface area contributed by atoms with Gasteiger partial charge in [-0.05, 0) is 6.92 Å². The Balaban J connectivity index is 3.34. The lowest BCUT2D eigenvalue weighted by Gasteiger charge is -1.92. The number of aromatic amines is 1. The molecule has 0 unspecified atom stereocenters. The van der Waals surface area contributed by atoms with Gasteiger partial charge in [0.2, 0.25) is 0 Å². The van der Waals surface area contributed by atoms with Gasteiger partial charge < -0.3 is 10.7 Å². The Morgan fingerprint density at radius 2 is 2.44 bits per heavy atom. The molecule has 0 aromatic carbocycles. The van der Waals surface area contributed by atoms with Crippen LogP contribution in [0.5, 0.6) is 0 Å². The topological polar surface area (TPSA) is 54.7 Å². The highest BCUT2D eigenvalue weighted by molar-refractivity contribution is 7.71. The molecule has 1 heterocycles. The molecule has 0 aliphatic rings. The Morgan fingerprint density at radius 1 is 1.78 bits per heavy atom. The second kappa shape index (κ2) is 2.14. The van der Waals surface area contributed by atoms with E-state index in [-0.39, 0.29) is 0 Å². The Morgan fingerprint density at radius 3 is 2.89 bits per heavy atom. The number of aryl methyl sites for hydroxylation is 1. The minimum atomic E-state index is 0.394. The van der Waals surface area contributed by atoms with E-state index in [4.69, 9.17) is 18.0 Å². The van der Waals surface area contributed by atoms with E-state index < -0.39 is 0 Å². The second-order valence-electron chi connectivity index (χ2n) is 1.76. The molecule has 0 saturated heterocycles. The predicted molar refractivity (Wildman–Crippen MR) is 38.6 cm³/mol. The summed E-state index contributed by atoms with van der Waals surface area (Å²) >= 11 is 4.77. The number of rotatable bonds is 0. The van der Waals surface area contributed by atoms with Gasteiger partial charge in [0.05, 0.1) is 5.69 Å². The Bertz CT molecular complexity index is 265. The van der Waals surface area contributed by atoms with Crippen LogP contribution >= 0.6 is 12.2 Å². The monoisotopic (exact) mass is 141 g/mol. The minimum Gasteiger partial charge on any atom is -0.381 e. The van der Waals surface area contributed by atoms with E-state index in [0.29, 0.717) is 10.5 Å². The molecule has 0 bridgehead atoms. The Hall–Kier alpha value is -0.900. The molecule has 0 saturated carbocycles. The maximum absolute atomic E-state index is 5.37. The van der Waals surface area contributed by atoms with Crippen LogP contribution < -0.4 is 5.73 Å². The molecule has 0 aliphatic carbocycles. The van der Waals surface area contributed by atoms with Gasteiger partial charge in [-0.1, -0.05) is 12.2 Å². The standard InChI is InChI=1S/C5H7N3S/c1-3-2-7-5(9)4(6)8-3/h2H,1H3,(H2,6,8)(H,7,9). The van der Waals surface area contributed by atoms with Gasteiger partial charge in [-0.15, -0.1) is 0 Å². The van der Waals surface area contributed by atoms with Crippen molar-refractivity contribution in [2.45, 2.75) is 6.92 Å². The van der Waals surface area contributed by atoms with Crippen molar-refractivity contribution in [2.24, 2.45) is 0 Å². The quantitative estimate of drug-likeness (QED) is 0.530. The highest BCUT2D eigenvalue weighted by Crippen LogP contribution is 1.97. The lowest BCUT2D eigenvalue weighted by Crippen LogP contribution is -1.94. The molecule has 0 fully saturated rings. The van der Waals surface area contributed by atoms with Crippen LogP contribution in [0.3, 0.4) is 0 Å². The molecule has 0 radical (unpaired) electrons. The first-order valence-electron chi connectivity index (χ1n) is 2.52. The summed E-state index contributed by atoms with van der Waals surface area (Å²) in [6.45, 7) is 1.85. The average Bonchev–Trinajstić information content (AvgIpc) is 1.80. The summed E-state index contributed by atoms with van der Waals surface area (Å²) in [4.78, 5) is 6.71. The fourth-order valence-electron chi connectivity index (χ4n) is 0.517. The molecule has 1 rings (SSSR count). The number of nitrogen functional groups attached to an aromatic ring is 1. The molecule has 0 spiro atoms. The third kappa shape index (κ3) is 1.26. The molecular weight excluding hydrogens is 134 g/mol. The summed E-state index contributed by atoms with van der Waals surface area (Å²) in [5, 5.41) is 0. The van der Waals surface area contributed by atoms with Gasteiger partial charge >= 0.3 is 0 Å². The highest BCUT2D eigenvalue weighted by Gasteiger charge is 1.88. The summed E-state index contributed by atoms with van der Waals surface area (Å²) < 4.78 is 0.501. The van der Waals surface area contributed by atoms with Crippen LogP contribution in [0.2, 0.25) is 0 Å². The number of anilines is 1. The van der Waals surface area contributed by atoms with Crippen molar-refractivity contribution in [1.82, 2.24) is 9.97 Å². The number of nitrogens with zero attached hydrogens (tertiary/aromatic N) is 1. The second-order valence-corrected chi connectivity index (χ2v) is 2.16. The predicted octanol–water partition coefficient (Wildman–Crippen LogP) is 1.03. The van der Waals surface area contributed by atoms with Gasteiger partial charge in [0.1, 0.15) is 4.64 Å². The van der Waals surface area contributed by atoms with Crippen molar-refractivity contribution in [3.63, 3.8) is 0 Å². The van der Waals surface area contributed by atoms with E-state index in [1.54, 1.807) is 6.20 Å². The van der Waals surface area contributed by atoms with Gasteiger partial charge in [-0.2, -0.15) is 0 Å². The molecule has 0 atom stereocenters. The molecule has 4 heteroatoms. The normalized spacial score (nSPS) is 9.44. The van der Waals surface area contributed by atoms with Crippen LogP contribution in [0.1, 0.15) is 5.69 Å². The van der Waals surface area contributed by atoms with Crippen LogP contribution in [0, 0.1) is 11.6 Å². The summed E-state index contributed by atoms with van der Waals surface area (Å²) in [5.41, 5.74) is 6.22. The van der Waals surface area contributed by atoms with Gasteiger partial charge in [-0.3, -0.25) is 0 Å². The lowest BCUT2D eigenvalue weighted by atomic mass is 10.5. The third-order valence-corrected chi connectivity index (χ3v) is 1.27. The van der Waals surface area contributed by atoms with E-state index in [1.807, 2.05) is 6.92 Å². The summed E-state index contributed by atoms with van der Waals surface area (Å²) in [7, 11) is 0. The van der Waals surface area contributed by atoms with Gasteiger partial charge in [0, 0.05) is 6.20 Å². The zero-order valence-electron chi connectivity index (χ0n) is 5.01.